The highest BCUT2D eigenvalue weighted by atomic mass is 19.1. The molecule has 1 aromatic rings. The number of hydrogen-bond acceptors (Lipinski definition) is 1. The van der Waals surface area contributed by atoms with Crippen molar-refractivity contribution in [2.24, 2.45) is 5.73 Å². The largest absolute Gasteiger partial charge is 0.351 e. The molecule has 0 radical (unpaired) electrons. The molecule has 3 N–H and O–H groups in total. The summed E-state index contributed by atoms with van der Waals surface area (Å²) in [5.41, 5.74) is 5.30. The van der Waals surface area contributed by atoms with E-state index in [1.54, 1.807) is 0 Å². The topological polar surface area (TPSA) is 55.1 Å². The molecule has 0 fully saturated rings. The van der Waals surface area contributed by atoms with Crippen LogP contribution in [0.4, 0.5) is 14.9 Å². The minimum absolute atomic E-state index is 0. The zero-order valence-electron chi connectivity index (χ0n) is 7.67. The quantitative estimate of drug-likeness (QED) is 0.699. The average molecular weight is 188 g/mol. The van der Waals surface area contributed by atoms with Crippen molar-refractivity contribution in [3.63, 3.8) is 0 Å². The Morgan fingerprint density at radius 3 is 2.23 bits per heavy atom. The van der Waals surface area contributed by atoms with E-state index in [0.29, 0.717) is 5.69 Å². The van der Waals surface area contributed by atoms with Gasteiger partial charge >= 0.3 is 6.03 Å². The minimum Gasteiger partial charge on any atom is -0.351 e. The first-order valence-corrected chi connectivity index (χ1v) is 4.00. The normalized spacial score (nSPS) is 8.23. The number of benzene rings is 1. The molecule has 2 amide bonds. The fourth-order valence-corrected chi connectivity index (χ4v) is 0.675. The van der Waals surface area contributed by atoms with E-state index in [9.17, 15) is 9.18 Å². The molecule has 1 aromatic carbocycles. The molecular formula is C9H17FN2O. The minimum atomic E-state index is -0.656. The molecule has 0 unspecified atom stereocenters. The van der Waals surface area contributed by atoms with Gasteiger partial charge in [0.25, 0.3) is 0 Å². The van der Waals surface area contributed by atoms with Gasteiger partial charge in [-0.05, 0) is 24.3 Å². The molecule has 3 nitrogen and oxygen atoms in total. The molecule has 0 atom stereocenters. The Bertz CT molecular complexity index is 267. The van der Waals surface area contributed by atoms with Crippen molar-refractivity contribution in [2.75, 3.05) is 5.32 Å². The molecule has 0 bridgehead atoms. The van der Waals surface area contributed by atoms with Gasteiger partial charge in [0.2, 0.25) is 0 Å². The van der Waals surface area contributed by atoms with Crippen LogP contribution in [0.1, 0.15) is 16.7 Å². The lowest BCUT2D eigenvalue weighted by atomic mass is 10.3. The summed E-state index contributed by atoms with van der Waals surface area (Å²) in [5.74, 6) is -0.347. The van der Waals surface area contributed by atoms with E-state index in [1.807, 2.05) is 13.8 Å². The first-order valence-electron chi connectivity index (χ1n) is 4.00. The van der Waals surface area contributed by atoms with Crippen LogP contribution in [0.5, 0.6) is 0 Å². The van der Waals surface area contributed by atoms with Crippen molar-refractivity contribution in [3.05, 3.63) is 30.1 Å². The second kappa shape index (κ2) is 5.99. The van der Waals surface area contributed by atoms with E-state index in [0.717, 1.165) is 0 Å². The lowest BCUT2D eigenvalue weighted by Crippen LogP contribution is -2.19. The number of nitrogens with one attached hydrogen (secondary N) is 1. The van der Waals surface area contributed by atoms with Gasteiger partial charge in [0.1, 0.15) is 5.82 Å². The lowest BCUT2D eigenvalue weighted by molar-refractivity contribution is 0.259. The van der Waals surface area contributed by atoms with Gasteiger partial charge in [-0.25, -0.2) is 9.18 Å². The molecule has 0 aliphatic heterocycles. The number of halogens is 1. The zero-order valence-corrected chi connectivity index (χ0v) is 7.67. The average Bonchev–Trinajstić information content (AvgIpc) is 2.12. The van der Waals surface area contributed by atoms with Gasteiger partial charge in [-0.15, -0.1) is 0 Å². The zero-order chi connectivity index (χ0) is 10.3. The number of amides is 2. The van der Waals surface area contributed by atoms with Gasteiger partial charge in [0, 0.05) is 8.54 Å². The van der Waals surface area contributed by atoms with Crippen LogP contribution >= 0.6 is 0 Å². The summed E-state index contributed by atoms with van der Waals surface area (Å²) in [7, 11) is 0. The van der Waals surface area contributed by atoms with Gasteiger partial charge in [0.05, 0.1) is 0 Å². The van der Waals surface area contributed by atoms with Gasteiger partial charge in [0.15, 0.2) is 0 Å². The van der Waals surface area contributed by atoms with E-state index < -0.39 is 6.03 Å². The standard InChI is InChI=1S/C7H7FN2O.C2H6.2H2/c8-5-1-3-6(4-2-5)10-7(9)11;1-2;;/h1-4H,(H3,9,10,11);1-2H3;2*1H. The van der Waals surface area contributed by atoms with Crippen molar-refractivity contribution in [2.45, 2.75) is 13.8 Å². The van der Waals surface area contributed by atoms with Crippen LogP contribution in [0.2, 0.25) is 0 Å². The molecule has 0 saturated heterocycles. The van der Waals surface area contributed by atoms with E-state index in [4.69, 9.17) is 5.73 Å². The van der Waals surface area contributed by atoms with Crippen LogP contribution in [0.25, 0.3) is 0 Å². The fraction of sp³-hybridized carbons (Fsp3) is 0.222. The molecular weight excluding hydrogens is 171 g/mol. The van der Waals surface area contributed by atoms with Crippen LogP contribution < -0.4 is 11.1 Å². The summed E-state index contributed by atoms with van der Waals surface area (Å²) < 4.78 is 12.3. The number of carbonyl (C=O) groups excluding carboxylic acids is 1. The van der Waals surface area contributed by atoms with Gasteiger partial charge in [-0.2, -0.15) is 0 Å². The Labute approximate surface area is 79.7 Å². The van der Waals surface area contributed by atoms with Crippen LogP contribution in [-0.4, -0.2) is 6.03 Å². The SMILES string of the molecule is CC.NC(=O)Nc1ccc(F)cc1.[HH].[HH]. The third-order valence-corrected chi connectivity index (χ3v) is 1.11. The second-order valence-electron chi connectivity index (χ2n) is 2.00. The molecule has 76 valence electrons. The molecule has 0 spiro atoms. The first-order chi connectivity index (χ1) is 6.18. The Balaban J connectivity index is -0.000000339. The summed E-state index contributed by atoms with van der Waals surface area (Å²) in [6, 6.07) is 4.69. The lowest BCUT2D eigenvalue weighted by Gasteiger charge is -1.98. The second-order valence-corrected chi connectivity index (χ2v) is 2.00. The summed E-state index contributed by atoms with van der Waals surface area (Å²) in [6.45, 7) is 4.00. The number of primary amides is 1. The van der Waals surface area contributed by atoms with Gasteiger partial charge < -0.3 is 11.1 Å². The summed E-state index contributed by atoms with van der Waals surface area (Å²) in [5, 5.41) is 2.30. The molecule has 0 aliphatic carbocycles. The Hall–Kier alpha value is -1.58. The summed E-state index contributed by atoms with van der Waals surface area (Å²) in [4.78, 5) is 10.3. The maximum atomic E-state index is 12.3. The highest BCUT2D eigenvalue weighted by Gasteiger charge is 1.94. The van der Waals surface area contributed by atoms with Crippen LogP contribution in [-0.2, 0) is 0 Å². The predicted octanol–water partition coefficient (Wildman–Crippen LogP) is 2.83. The highest BCUT2D eigenvalue weighted by molar-refractivity contribution is 5.87. The van der Waals surface area contributed by atoms with Crippen molar-refractivity contribution < 1.29 is 12.0 Å². The van der Waals surface area contributed by atoms with E-state index in [-0.39, 0.29) is 8.67 Å². The number of anilines is 1. The number of carbonyl (C=O) groups is 1. The van der Waals surface area contributed by atoms with Crippen molar-refractivity contribution >= 4 is 11.7 Å². The molecule has 13 heavy (non-hydrogen) atoms. The fourth-order valence-electron chi connectivity index (χ4n) is 0.675. The van der Waals surface area contributed by atoms with Crippen LogP contribution in [0.3, 0.4) is 0 Å². The monoisotopic (exact) mass is 188 g/mol. The van der Waals surface area contributed by atoms with E-state index in [2.05, 4.69) is 5.32 Å². The maximum absolute atomic E-state index is 12.3. The third-order valence-electron chi connectivity index (χ3n) is 1.11. The van der Waals surface area contributed by atoms with Crippen LogP contribution in [0, 0.1) is 5.82 Å². The number of rotatable bonds is 1. The van der Waals surface area contributed by atoms with Gasteiger partial charge in [-0.3, -0.25) is 0 Å². The Kier molecular flexibility index (Phi) is 5.27. The predicted molar refractivity (Wildman–Crippen MR) is 55.2 cm³/mol. The smallest absolute Gasteiger partial charge is 0.316 e. The molecule has 1 rings (SSSR count). The summed E-state index contributed by atoms with van der Waals surface area (Å²) >= 11 is 0. The van der Waals surface area contributed by atoms with Gasteiger partial charge in [-0.1, -0.05) is 13.8 Å². The highest BCUT2D eigenvalue weighted by Crippen LogP contribution is 2.06. The molecule has 0 saturated carbocycles. The van der Waals surface area contributed by atoms with Crippen molar-refractivity contribution in [1.29, 1.82) is 0 Å². The summed E-state index contributed by atoms with van der Waals surface area (Å²) in [6.07, 6.45) is 0. The number of nitrogens with two attached hydrogens (primary N) is 1. The maximum Gasteiger partial charge on any atom is 0.316 e. The first kappa shape index (κ1) is 11.4. The molecule has 0 aliphatic rings. The number of hydrogen-bond donors (Lipinski definition) is 2. The van der Waals surface area contributed by atoms with E-state index in [1.165, 1.54) is 24.3 Å². The van der Waals surface area contributed by atoms with E-state index >= 15 is 0 Å². The molecule has 4 heteroatoms. The van der Waals surface area contributed by atoms with Crippen LogP contribution in [0.15, 0.2) is 24.3 Å². The third kappa shape index (κ3) is 4.79. The van der Waals surface area contributed by atoms with Crippen molar-refractivity contribution in [3.8, 4) is 0 Å². The molecule has 0 aromatic heterocycles. The van der Waals surface area contributed by atoms with Crippen molar-refractivity contribution in [1.82, 2.24) is 0 Å². The molecule has 0 heterocycles. The number of urea groups is 1. The Morgan fingerprint density at radius 2 is 1.85 bits per heavy atom. The Morgan fingerprint density at radius 1 is 1.38 bits per heavy atom.